The van der Waals surface area contributed by atoms with Crippen LogP contribution >= 0.6 is 0 Å². The van der Waals surface area contributed by atoms with Crippen molar-refractivity contribution in [3.63, 3.8) is 0 Å². The quantitative estimate of drug-likeness (QED) is 0.713. The zero-order valence-electron chi connectivity index (χ0n) is 17.4. The third-order valence-electron chi connectivity index (χ3n) is 5.19. The average molecular weight is 440 g/mol. The van der Waals surface area contributed by atoms with E-state index in [0.29, 0.717) is 5.56 Å². The number of anilines is 2. The van der Waals surface area contributed by atoms with E-state index in [9.17, 15) is 17.2 Å². The highest BCUT2D eigenvalue weighted by Crippen LogP contribution is 2.31. The zero-order chi connectivity index (χ0) is 21.9. The smallest absolute Gasteiger partial charge is 0.387 e. The predicted molar refractivity (Wildman–Crippen MR) is 114 cm³/mol. The van der Waals surface area contributed by atoms with E-state index in [2.05, 4.69) is 26.3 Å². The molecule has 9 heteroatoms. The standard InChI is InChI=1S/C21H27F2N3O3S/c1-4-16-6-7-17(14-19(16)26-11-9-25(3)10-12-26)30(27,28)24-18-13-15(2)5-8-20(18)29-21(22)23/h5-8,13-14,21,24H,4,9-12H2,1-3H3. The number of nitrogens with one attached hydrogen (secondary N) is 1. The van der Waals surface area contributed by atoms with Gasteiger partial charge in [0.05, 0.1) is 10.6 Å². The molecule has 2 aromatic carbocycles. The lowest BCUT2D eigenvalue weighted by Gasteiger charge is -2.35. The Kier molecular flexibility index (Phi) is 6.82. The van der Waals surface area contributed by atoms with Crippen LogP contribution in [0.25, 0.3) is 0 Å². The van der Waals surface area contributed by atoms with E-state index >= 15 is 0 Å². The summed E-state index contributed by atoms with van der Waals surface area (Å²) in [6.07, 6.45) is 0.777. The molecule has 164 valence electrons. The second kappa shape index (κ2) is 9.18. The highest BCUT2D eigenvalue weighted by Gasteiger charge is 2.22. The summed E-state index contributed by atoms with van der Waals surface area (Å²) in [5, 5.41) is 0. The molecular formula is C21H27F2N3O3S. The Morgan fingerprint density at radius 2 is 1.80 bits per heavy atom. The van der Waals surface area contributed by atoms with E-state index in [1.165, 1.54) is 12.1 Å². The summed E-state index contributed by atoms with van der Waals surface area (Å²) in [5.74, 6) is -0.219. The fourth-order valence-electron chi connectivity index (χ4n) is 3.48. The largest absolute Gasteiger partial charge is 0.433 e. The van der Waals surface area contributed by atoms with Crippen molar-refractivity contribution in [1.82, 2.24) is 4.90 Å². The number of sulfonamides is 1. The highest BCUT2D eigenvalue weighted by molar-refractivity contribution is 7.92. The van der Waals surface area contributed by atoms with Crippen LogP contribution in [0.15, 0.2) is 41.3 Å². The minimum atomic E-state index is -4.00. The lowest BCUT2D eigenvalue weighted by Crippen LogP contribution is -2.44. The Labute approximate surface area is 176 Å². The van der Waals surface area contributed by atoms with Crippen molar-refractivity contribution < 1.29 is 21.9 Å². The van der Waals surface area contributed by atoms with Crippen LogP contribution in [0, 0.1) is 6.92 Å². The number of nitrogens with zero attached hydrogens (tertiary/aromatic N) is 2. The summed E-state index contributed by atoms with van der Waals surface area (Å²) in [7, 11) is -1.94. The molecule has 1 saturated heterocycles. The van der Waals surface area contributed by atoms with Gasteiger partial charge in [-0.15, -0.1) is 0 Å². The molecule has 0 aliphatic carbocycles. The monoisotopic (exact) mass is 439 g/mol. The first kappa shape index (κ1) is 22.3. The molecule has 1 aliphatic heterocycles. The Morgan fingerprint density at radius 3 is 2.43 bits per heavy atom. The van der Waals surface area contributed by atoms with Gasteiger partial charge in [0.15, 0.2) is 0 Å². The molecule has 0 unspecified atom stereocenters. The highest BCUT2D eigenvalue weighted by atomic mass is 32.2. The van der Waals surface area contributed by atoms with Crippen molar-refractivity contribution >= 4 is 21.4 Å². The third-order valence-corrected chi connectivity index (χ3v) is 6.55. The van der Waals surface area contributed by atoms with E-state index in [-0.39, 0.29) is 16.3 Å². The van der Waals surface area contributed by atoms with E-state index in [1.807, 2.05) is 13.0 Å². The molecule has 0 aromatic heterocycles. The van der Waals surface area contributed by atoms with Crippen molar-refractivity contribution in [2.75, 3.05) is 42.8 Å². The summed E-state index contributed by atoms with van der Waals surface area (Å²) in [5.41, 5.74) is 2.65. The van der Waals surface area contributed by atoms with Gasteiger partial charge in [0.2, 0.25) is 0 Å². The number of hydrogen-bond acceptors (Lipinski definition) is 5. The topological polar surface area (TPSA) is 61.9 Å². The first-order valence-corrected chi connectivity index (χ1v) is 11.3. The molecule has 30 heavy (non-hydrogen) atoms. The first-order valence-electron chi connectivity index (χ1n) is 9.84. The van der Waals surface area contributed by atoms with E-state index < -0.39 is 16.6 Å². The second-order valence-electron chi connectivity index (χ2n) is 7.42. The lowest BCUT2D eigenvalue weighted by molar-refractivity contribution is -0.0493. The average Bonchev–Trinajstić information content (AvgIpc) is 2.69. The zero-order valence-corrected chi connectivity index (χ0v) is 18.2. The Balaban J connectivity index is 1.93. The molecule has 0 saturated carbocycles. The predicted octanol–water partition coefficient (Wildman–Crippen LogP) is 3.71. The van der Waals surface area contributed by atoms with Gasteiger partial charge in [0.1, 0.15) is 5.75 Å². The molecule has 6 nitrogen and oxygen atoms in total. The Bertz CT molecular complexity index is 991. The van der Waals surface area contributed by atoms with Gasteiger partial charge < -0.3 is 14.5 Å². The summed E-state index contributed by atoms with van der Waals surface area (Å²) >= 11 is 0. The molecule has 0 atom stereocenters. The first-order chi connectivity index (χ1) is 14.2. The van der Waals surface area contributed by atoms with E-state index in [0.717, 1.165) is 43.9 Å². The number of ether oxygens (including phenoxy) is 1. The van der Waals surface area contributed by atoms with Gasteiger partial charge in [-0.05, 0) is 55.8 Å². The normalized spacial score (nSPS) is 15.5. The maximum absolute atomic E-state index is 13.1. The summed E-state index contributed by atoms with van der Waals surface area (Å²) in [4.78, 5) is 4.50. The van der Waals surface area contributed by atoms with Crippen molar-refractivity contribution in [3.05, 3.63) is 47.5 Å². The van der Waals surface area contributed by atoms with Crippen LogP contribution in [-0.4, -0.2) is 53.2 Å². The lowest BCUT2D eigenvalue weighted by atomic mass is 10.1. The Hall–Kier alpha value is -2.39. The van der Waals surface area contributed by atoms with Crippen molar-refractivity contribution in [2.24, 2.45) is 0 Å². The molecule has 0 radical (unpaired) electrons. The summed E-state index contributed by atoms with van der Waals surface area (Å²) in [6, 6.07) is 9.40. The molecule has 2 aromatic rings. The van der Waals surface area contributed by atoms with Crippen molar-refractivity contribution in [3.8, 4) is 5.75 Å². The molecule has 1 fully saturated rings. The van der Waals surface area contributed by atoms with Crippen LogP contribution in [-0.2, 0) is 16.4 Å². The van der Waals surface area contributed by atoms with Gasteiger partial charge >= 0.3 is 6.61 Å². The van der Waals surface area contributed by atoms with Gasteiger partial charge in [0, 0.05) is 31.9 Å². The van der Waals surface area contributed by atoms with Crippen LogP contribution in [0.4, 0.5) is 20.2 Å². The molecule has 0 bridgehead atoms. The number of aryl methyl sites for hydroxylation is 2. The number of likely N-dealkylation sites (N-methyl/N-ethyl adjacent to an activating group) is 1. The molecule has 0 amide bonds. The molecule has 1 heterocycles. The van der Waals surface area contributed by atoms with Crippen LogP contribution in [0.1, 0.15) is 18.1 Å². The minimum absolute atomic E-state index is 0.0176. The van der Waals surface area contributed by atoms with Crippen LogP contribution in [0.5, 0.6) is 5.75 Å². The van der Waals surface area contributed by atoms with Gasteiger partial charge in [-0.25, -0.2) is 8.42 Å². The maximum atomic E-state index is 13.1. The molecular weight excluding hydrogens is 412 g/mol. The Morgan fingerprint density at radius 1 is 1.10 bits per heavy atom. The number of benzene rings is 2. The summed E-state index contributed by atoms with van der Waals surface area (Å²) in [6.45, 7) is 4.14. The number of rotatable bonds is 7. The van der Waals surface area contributed by atoms with Crippen molar-refractivity contribution in [1.29, 1.82) is 0 Å². The summed E-state index contributed by atoms with van der Waals surface area (Å²) < 4.78 is 58.4. The minimum Gasteiger partial charge on any atom is -0.433 e. The maximum Gasteiger partial charge on any atom is 0.387 e. The van der Waals surface area contributed by atoms with Gasteiger partial charge in [-0.3, -0.25) is 4.72 Å². The molecule has 0 spiro atoms. The number of hydrogen-bond donors (Lipinski definition) is 1. The van der Waals surface area contributed by atoms with Crippen LogP contribution in [0.2, 0.25) is 0 Å². The number of piperazine rings is 1. The number of alkyl halides is 2. The van der Waals surface area contributed by atoms with Gasteiger partial charge in [-0.2, -0.15) is 8.78 Å². The van der Waals surface area contributed by atoms with E-state index in [4.69, 9.17) is 0 Å². The van der Waals surface area contributed by atoms with Gasteiger partial charge in [-0.1, -0.05) is 19.1 Å². The fraction of sp³-hybridized carbons (Fsp3) is 0.429. The van der Waals surface area contributed by atoms with Gasteiger partial charge in [0.25, 0.3) is 10.0 Å². The van der Waals surface area contributed by atoms with Crippen LogP contribution < -0.4 is 14.4 Å². The molecule has 3 rings (SSSR count). The number of halogens is 2. The van der Waals surface area contributed by atoms with E-state index in [1.54, 1.807) is 25.1 Å². The SMILES string of the molecule is CCc1ccc(S(=O)(=O)Nc2cc(C)ccc2OC(F)F)cc1N1CCN(C)CC1. The third kappa shape index (κ3) is 5.20. The van der Waals surface area contributed by atoms with Crippen molar-refractivity contribution in [2.45, 2.75) is 31.8 Å². The second-order valence-corrected chi connectivity index (χ2v) is 9.10. The molecule has 1 N–H and O–H groups in total. The fourth-order valence-corrected chi connectivity index (χ4v) is 4.56. The van der Waals surface area contributed by atoms with Crippen LogP contribution in [0.3, 0.4) is 0 Å². The molecule has 1 aliphatic rings.